The van der Waals surface area contributed by atoms with Gasteiger partial charge in [0.15, 0.2) is 11.0 Å². The Balaban J connectivity index is 1.52. The van der Waals surface area contributed by atoms with E-state index in [1.165, 1.54) is 11.8 Å². The second-order valence-electron chi connectivity index (χ2n) is 8.65. The standard InChI is InChI=1S/C28H30N4O2S/c1-19(2)23-15-10-12-21(4)27(23)29-26(33)18-35-28-31-30-25(32(28)22-13-6-5-7-14-22)17-34-24-16-9-8-11-20(24)3/h5-16,19H,17-18H2,1-4H3,(H,29,33). The molecule has 0 fully saturated rings. The number of aromatic nitrogens is 3. The molecule has 0 aliphatic heterocycles. The molecule has 4 rings (SSSR count). The lowest BCUT2D eigenvalue weighted by Crippen LogP contribution is -2.17. The van der Waals surface area contributed by atoms with Gasteiger partial charge in [-0.25, -0.2) is 0 Å². The maximum atomic E-state index is 12.9. The molecule has 0 bridgehead atoms. The fourth-order valence-corrected chi connectivity index (χ4v) is 4.60. The highest BCUT2D eigenvalue weighted by molar-refractivity contribution is 7.99. The highest BCUT2D eigenvalue weighted by atomic mass is 32.2. The maximum Gasteiger partial charge on any atom is 0.234 e. The van der Waals surface area contributed by atoms with E-state index in [0.717, 1.165) is 33.8 Å². The van der Waals surface area contributed by atoms with Crippen molar-refractivity contribution < 1.29 is 9.53 Å². The van der Waals surface area contributed by atoms with Crippen LogP contribution in [-0.4, -0.2) is 26.4 Å². The van der Waals surface area contributed by atoms with Gasteiger partial charge < -0.3 is 10.1 Å². The average molecular weight is 487 g/mol. The summed E-state index contributed by atoms with van der Waals surface area (Å²) in [5.74, 6) is 1.93. The highest BCUT2D eigenvalue weighted by Crippen LogP contribution is 2.28. The first-order chi connectivity index (χ1) is 16.9. The fourth-order valence-electron chi connectivity index (χ4n) is 3.83. The third kappa shape index (κ3) is 5.92. The van der Waals surface area contributed by atoms with E-state index in [1.807, 2.05) is 85.1 Å². The lowest BCUT2D eigenvalue weighted by atomic mass is 9.98. The average Bonchev–Trinajstić information content (AvgIpc) is 3.26. The first-order valence-electron chi connectivity index (χ1n) is 11.6. The zero-order valence-corrected chi connectivity index (χ0v) is 21.3. The van der Waals surface area contributed by atoms with Crippen LogP contribution >= 0.6 is 11.8 Å². The molecule has 35 heavy (non-hydrogen) atoms. The minimum atomic E-state index is -0.0773. The van der Waals surface area contributed by atoms with Crippen LogP contribution in [-0.2, 0) is 11.4 Å². The molecule has 6 nitrogen and oxygen atoms in total. The summed E-state index contributed by atoms with van der Waals surface area (Å²) in [4.78, 5) is 12.9. The molecule has 3 aromatic carbocycles. The number of aryl methyl sites for hydroxylation is 2. The molecular formula is C28H30N4O2S. The molecule has 1 N–H and O–H groups in total. The number of nitrogens with zero attached hydrogens (tertiary/aromatic N) is 3. The lowest BCUT2D eigenvalue weighted by molar-refractivity contribution is -0.113. The van der Waals surface area contributed by atoms with Crippen LogP contribution in [0.15, 0.2) is 78.0 Å². The Labute approximate surface area is 210 Å². The first-order valence-corrected chi connectivity index (χ1v) is 12.6. The van der Waals surface area contributed by atoms with E-state index in [9.17, 15) is 4.79 Å². The molecule has 180 valence electrons. The number of rotatable bonds is 9. The minimum absolute atomic E-state index is 0.0773. The molecule has 7 heteroatoms. The van der Waals surface area contributed by atoms with E-state index >= 15 is 0 Å². The summed E-state index contributed by atoms with van der Waals surface area (Å²) in [6.45, 7) is 8.54. The summed E-state index contributed by atoms with van der Waals surface area (Å²) in [7, 11) is 0. The quantitative estimate of drug-likeness (QED) is 0.281. The van der Waals surface area contributed by atoms with Crippen molar-refractivity contribution in [1.29, 1.82) is 0 Å². The van der Waals surface area contributed by atoms with Crippen LogP contribution in [0.1, 0.15) is 42.3 Å². The molecule has 0 unspecified atom stereocenters. The number of ether oxygens (including phenoxy) is 1. The van der Waals surface area contributed by atoms with Crippen molar-refractivity contribution in [3.05, 3.63) is 95.3 Å². The fraction of sp³-hybridized carbons (Fsp3) is 0.250. The summed E-state index contributed by atoms with van der Waals surface area (Å²) in [5.41, 5.74) is 5.06. The number of hydrogen-bond acceptors (Lipinski definition) is 5. The summed E-state index contributed by atoms with van der Waals surface area (Å²) in [6.07, 6.45) is 0. The van der Waals surface area contributed by atoms with Gasteiger partial charge in [0.05, 0.1) is 5.75 Å². The Morgan fingerprint density at radius 2 is 1.66 bits per heavy atom. The zero-order chi connectivity index (χ0) is 24.8. The van der Waals surface area contributed by atoms with Crippen LogP contribution < -0.4 is 10.1 Å². The van der Waals surface area contributed by atoms with Gasteiger partial charge in [-0.15, -0.1) is 10.2 Å². The summed E-state index contributed by atoms with van der Waals surface area (Å²) < 4.78 is 7.99. The van der Waals surface area contributed by atoms with Crippen LogP contribution in [0, 0.1) is 13.8 Å². The second kappa shape index (κ2) is 11.2. The molecule has 0 saturated carbocycles. The minimum Gasteiger partial charge on any atom is -0.485 e. The van der Waals surface area contributed by atoms with Gasteiger partial charge in [0.1, 0.15) is 12.4 Å². The molecule has 0 saturated heterocycles. The summed E-state index contributed by atoms with van der Waals surface area (Å²) in [6, 6.07) is 23.9. The predicted octanol–water partition coefficient (Wildman–Crippen LogP) is 6.32. The topological polar surface area (TPSA) is 69.0 Å². The van der Waals surface area contributed by atoms with E-state index in [-0.39, 0.29) is 18.3 Å². The predicted molar refractivity (Wildman–Crippen MR) is 141 cm³/mol. The smallest absolute Gasteiger partial charge is 0.234 e. The van der Waals surface area contributed by atoms with E-state index in [1.54, 1.807) is 0 Å². The van der Waals surface area contributed by atoms with Crippen LogP contribution in [0.4, 0.5) is 5.69 Å². The number of thioether (sulfide) groups is 1. The van der Waals surface area contributed by atoms with Crippen LogP contribution in [0.2, 0.25) is 0 Å². The van der Waals surface area contributed by atoms with Crippen LogP contribution in [0.25, 0.3) is 5.69 Å². The summed E-state index contributed by atoms with van der Waals surface area (Å²) in [5, 5.41) is 12.5. The number of amides is 1. The van der Waals surface area contributed by atoms with Gasteiger partial charge >= 0.3 is 0 Å². The number of para-hydroxylation sites is 3. The van der Waals surface area contributed by atoms with Gasteiger partial charge in [-0.2, -0.15) is 0 Å². The number of hydrogen-bond donors (Lipinski definition) is 1. The number of benzene rings is 3. The van der Waals surface area contributed by atoms with Gasteiger partial charge in [-0.05, 0) is 54.7 Å². The third-order valence-electron chi connectivity index (χ3n) is 5.69. The van der Waals surface area contributed by atoms with E-state index in [0.29, 0.717) is 16.9 Å². The maximum absolute atomic E-state index is 12.9. The Morgan fingerprint density at radius 3 is 2.40 bits per heavy atom. The summed E-state index contributed by atoms with van der Waals surface area (Å²) >= 11 is 1.36. The lowest BCUT2D eigenvalue weighted by Gasteiger charge is -2.16. The van der Waals surface area contributed by atoms with E-state index in [4.69, 9.17) is 4.74 Å². The van der Waals surface area contributed by atoms with Crippen molar-refractivity contribution in [2.45, 2.75) is 45.4 Å². The number of carbonyl (C=O) groups excluding carboxylic acids is 1. The van der Waals surface area contributed by atoms with E-state index < -0.39 is 0 Å². The monoisotopic (exact) mass is 486 g/mol. The molecule has 1 aromatic heterocycles. The van der Waals surface area contributed by atoms with Crippen LogP contribution in [0.3, 0.4) is 0 Å². The third-order valence-corrected chi connectivity index (χ3v) is 6.62. The molecule has 1 amide bonds. The Bertz CT molecular complexity index is 1300. The molecule has 0 radical (unpaired) electrons. The largest absolute Gasteiger partial charge is 0.485 e. The van der Waals surface area contributed by atoms with Gasteiger partial charge in [0, 0.05) is 11.4 Å². The highest BCUT2D eigenvalue weighted by Gasteiger charge is 2.18. The number of nitrogens with one attached hydrogen (secondary N) is 1. The van der Waals surface area contributed by atoms with Crippen molar-refractivity contribution in [1.82, 2.24) is 14.8 Å². The Hall–Kier alpha value is -3.58. The van der Waals surface area contributed by atoms with Crippen molar-refractivity contribution in [3.63, 3.8) is 0 Å². The first kappa shape index (κ1) is 24.5. The van der Waals surface area contributed by atoms with Gasteiger partial charge in [-0.3, -0.25) is 9.36 Å². The van der Waals surface area contributed by atoms with Gasteiger partial charge in [0.2, 0.25) is 5.91 Å². The van der Waals surface area contributed by atoms with Crippen molar-refractivity contribution in [2.75, 3.05) is 11.1 Å². The van der Waals surface area contributed by atoms with Gasteiger partial charge in [-0.1, -0.05) is 80.2 Å². The number of anilines is 1. The Kier molecular flexibility index (Phi) is 7.87. The van der Waals surface area contributed by atoms with Crippen LogP contribution in [0.5, 0.6) is 5.75 Å². The molecule has 0 aliphatic carbocycles. The normalized spacial score (nSPS) is 11.0. The molecule has 0 atom stereocenters. The van der Waals surface area contributed by atoms with Crippen molar-refractivity contribution in [3.8, 4) is 11.4 Å². The van der Waals surface area contributed by atoms with Crippen molar-refractivity contribution >= 4 is 23.4 Å². The molecule has 0 aliphatic rings. The van der Waals surface area contributed by atoms with E-state index in [2.05, 4.69) is 35.4 Å². The number of carbonyl (C=O) groups is 1. The molecule has 0 spiro atoms. The second-order valence-corrected chi connectivity index (χ2v) is 9.60. The SMILES string of the molecule is Cc1ccccc1OCc1nnc(SCC(=O)Nc2c(C)cccc2C(C)C)n1-c1ccccc1. The Morgan fingerprint density at radius 1 is 0.943 bits per heavy atom. The molecule has 4 aromatic rings. The molecular weight excluding hydrogens is 456 g/mol. The molecule has 1 heterocycles. The zero-order valence-electron chi connectivity index (χ0n) is 20.5. The van der Waals surface area contributed by atoms with Gasteiger partial charge in [0.25, 0.3) is 0 Å². The van der Waals surface area contributed by atoms with Crippen molar-refractivity contribution in [2.24, 2.45) is 0 Å².